The Hall–Kier alpha value is -0.0800. The number of thiophene rings is 1. The van der Waals surface area contributed by atoms with Gasteiger partial charge >= 0.3 is 0 Å². The molecule has 0 aliphatic rings. The van der Waals surface area contributed by atoms with Gasteiger partial charge in [0.15, 0.2) is 0 Å². The van der Waals surface area contributed by atoms with Crippen molar-refractivity contribution in [1.82, 2.24) is 10.0 Å². The summed E-state index contributed by atoms with van der Waals surface area (Å²) in [5.74, 6) is 0. The Morgan fingerprint density at radius 2 is 1.95 bits per heavy atom. The van der Waals surface area contributed by atoms with Crippen molar-refractivity contribution in [3.8, 4) is 0 Å². The molecule has 0 aliphatic heterocycles. The molecule has 0 bridgehead atoms. The standard InChI is InChI=1S/C14H26N2O2S3/c1-5-14(6-2,19-4)11-16-21(17,18)13-8-9-20-12(13)10-15-7-3/h8-9,15-16H,5-7,10-11H2,1-4H3. The third-order valence-electron chi connectivity index (χ3n) is 3.84. The SMILES string of the molecule is CCNCc1sccc1S(=O)(=O)NCC(CC)(CC)SC. The molecule has 1 heterocycles. The van der Waals surface area contributed by atoms with E-state index in [2.05, 4.69) is 23.9 Å². The molecule has 0 unspecified atom stereocenters. The maximum absolute atomic E-state index is 12.5. The first-order chi connectivity index (χ1) is 9.94. The van der Waals surface area contributed by atoms with Gasteiger partial charge in [-0.05, 0) is 37.1 Å². The zero-order valence-electron chi connectivity index (χ0n) is 13.2. The average Bonchev–Trinajstić information content (AvgIpc) is 2.96. The Balaban J connectivity index is 2.85. The Morgan fingerprint density at radius 1 is 1.29 bits per heavy atom. The van der Waals surface area contributed by atoms with Gasteiger partial charge in [0.05, 0.1) is 4.90 Å². The lowest BCUT2D eigenvalue weighted by atomic mass is 10.0. The first-order valence-electron chi connectivity index (χ1n) is 7.26. The summed E-state index contributed by atoms with van der Waals surface area (Å²) in [5.41, 5.74) is 0. The van der Waals surface area contributed by atoms with E-state index in [-0.39, 0.29) is 4.75 Å². The van der Waals surface area contributed by atoms with Crippen molar-refractivity contribution >= 4 is 33.1 Å². The summed E-state index contributed by atoms with van der Waals surface area (Å²) in [6.45, 7) is 8.12. The van der Waals surface area contributed by atoms with E-state index in [0.29, 0.717) is 18.0 Å². The van der Waals surface area contributed by atoms with Gasteiger partial charge < -0.3 is 5.32 Å². The smallest absolute Gasteiger partial charge is 0.241 e. The molecule has 0 fully saturated rings. The zero-order valence-corrected chi connectivity index (χ0v) is 15.7. The molecule has 0 radical (unpaired) electrons. The number of rotatable bonds is 10. The number of thioether (sulfide) groups is 1. The molecule has 2 N–H and O–H groups in total. The zero-order chi connectivity index (χ0) is 15.9. The van der Waals surface area contributed by atoms with Crippen molar-refractivity contribution < 1.29 is 8.42 Å². The van der Waals surface area contributed by atoms with Crippen molar-refractivity contribution in [3.05, 3.63) is 16.3 Å². The highest BCUT2D eigenvalue weighted by Crippen LogP contribution is 2.30. The van der Waals surface area contributed by atoms with E-state index in [0.717, 1.165) is 24.3 Å². The maximum Gasteiger partial charge on any atom is 0.241 e. The van der Waals surface area contributed by atoms with Crippen LogP contribution in [0.4, 0.5) is 0 Å². The molecular formula is C14H26N2O2S3. The van der Waals surface area contributed by atoms with E-state index >= 15 is 0 Å². The van der Waals surface area contributed by atoms with Gasteiger partial charge in [0.1, 0.15) is 0 Å². The molecule has 0 atom stereocenters. The lowest BCUT2D eigenvalue weighted by molar-refractivity contribution is 0.521. The summed E-state index contributed by atoms with van der Waals surface area (Å²) in [7, 11) is -3.43. The van der Waals surface area contributed by atoms with Crippen LogP contribution in [0.3, 0.4) is 0 Å². The molecule has 0 aliphatic carbocycles. The molecule has 7 heteroatoms. The predicted octanol–water partition coefficient (Wildman–Crippen LogP) is 3.06. The van der Waals surface area contributed by atoms with Gasteiger partial charge in [-0.1, -0.05) is 20.8 Å². The molecule has 4 nitrogen and oxygen atoms in total. The fraction of sp³-hybridized carbons (Fsp3) is 0.714. The summed E-state index contributed by atoms with van der Waals surface area (Å²) in [4.78, 5) is 1.28. The molecule has 0 saturated heterocycles. The second kappa shape index (κ2) is 8.53. The molecule has 21 heavy (non-hydrogen) atoms. The topological polar surface area (TPSA) is 58.2 Å². The summed E-state index contributed by atoms with van der Waals surface area (Å²) in [5, 5.41) is 5.02. The first-order valence-corrected chi connectivity index (χ1v) is 10.8. The third-order valence-corrected chi connectivity index (χ3v) is 7.96. The van der Waals surface area contributed by atoms with Crippen LogP contribution in [0.1, 0.15) is 38.5 Å². The Bertz CT molecular complexity index is 514. The minimum atomic E-state index is -3.43. The molecule has 1 aromatic heterocycles. The van der Waals surface area contributed by atoms with Crippen molar-refractivity contribution in [2.45, 2.75) is 49.8 Å². The summed E-state index contributed by atoms with van der Waals surface area (Å²) in [6, 6.07) is 1.69. The number of sulfonamides is 1. The van der Waals surface area contributed by atoms with Crippen LogP contribution in [0.15, 0.2) is 16.3 Å². The summed E-state index contributed by atoms with van der Waals surface area (Å²) >= 11 is 3.22. The molecule has 1 aromatic rings. The lowest BCUT2D eigenvalue weighted by Crippen LogP contribution is -2.39. The molecule has 0 saturated carbocycles. The fourth-order valence-electron chi connectivity index (χ4n) is 2.10. The minimum absolute atomic E-state index is 0.0229. The quantitative estimate of drug-likeness (QED) is 0.681. The average molecular weight is 351 g/mol. The molecule has 1 rings (SSSR count). The van der Waals surface area contributed by atoms with Crippen LogP contribution < -0.4 is 10.0 Å². The van der Waals surface area contributed by atoms with Crippen LogP contribution in [0.25, 0.3) is 0 Å². The Labute approximate surface area is 137 Å². The van der Waals surface area contributed by atoms with Gasteiger partial charge in [-0.25, -0.2) is 13.1 Å². The van der Waals surface area contributed by atoms with E-state index in [4.69, 9.17) is 0 Å². The van der Waals surface area contributed by atoms with Gasteiger partial charge in [-0.15, -0.1) is 11.3 Å². The highest BCUT2D eigenvalue weighted by atomic mass is 32.2. The monoisotopic (exact) mass is 350 g/mol. The maximum atomic E-state index is 12.5. The van der Waals surface area contributed by atoms with Crippen LogP contribution in [0, 0.1) is 0 Å². The fourth-order valence-corrected chi connectivity index (χ4v) is 5.52. The van der Waals surface area contributed by atoms with Crippen LogP contribution >= 0.6 is 23.1 Å². The number of hydrogen-bond donors (Lipinski definition) is 2. The minimum Gasteiger partial charge on any atom is -0.312 e. The first kappa shape index (κ1) is 19.0. The molecule has 122 valence electrons. The van der Waals surface area contributed by atoms with E-state index < -0.39 is 10.0 Å². The van der Waals surface area contributed by atoms with Crippen LogP contribution in [-0.2, 0) is 16.6 Å². The second-order valence-electron chi connectivity index (χ2n) is 4.91. The van der Waals surface area contributed by atoms with Gasteiger partial charge in [-0.2, -0.15) is 11.8 Å². The Morgan fingerprint density at radius 3 is 2.48 bits per heavy atom. The van der Waals surface area contributed by atoms with Gasteiger partial charge in [-0.3, -0.25) is 0 Å². The third kappa shape index (κ3) is 4.96. The van der Waals surface area contributed by atoms with Gasteiger partial charge in [0.25, 0.3) is 0 Å². The summed E-state index contributed by atoms with van der Waals surface area (Å²) < 4.78 is 27.8. The predicted molar refractivity (Wildman–Crippen MR) is 93.7 cm³/mol. The number of nitrogens with one attached hydrogen (secondary N) is 2. The lowest BCUT2D eigenvalue weighted by Gasteiger charge is -2.29. The largest absolute Gasteiger partial charge is 0.312 e. The highest BCUT2D eigenvalue weighted by molar-refractivity contribution is 8.00. The van der Waals surface area contributed by atoms with Gasteiger partial charge in [0, 0.05) is 22.7 Å². The van der Waals surface area contributed by atoms with Crippen molar-refractivity contribution in [2.75, 3.05) is 19.3 Å². The molecule has 0 spiro atoms. The normalized spacial score (nSPS) is 12.8. The Kier molecular flexibility index (Phi) is 7.70. The highest BCUT2D eigenvalue weighted by Gasteiger charge is 2.28. The second-order valence-corrected chi connectivity index (χ2v) is 8.92. The van der Waals surface area contributed by atoms with Crippen molar-refractivity contribution in [2.24, 2.45) is 0 Å². The molecule has 0 amide bonds. The van der Waals surface area contributed by atoms with Crippen LogP contribution in [0.2, 0.25) is 0 Å². The summed E-state index contributed by atoms with van der Waals surface area (Å²) in [6.07, 6.45) is 3.94. The molecular weight excluding hydrogens is 324 g/mol. The van der Waals surface area contributed by atoms with E-state index in [1.165, 1.54) is 11.3 Å². The molecule has 0 aromatic carbocycles. The van der Waals surface area contributed by atoms with Gasteiger partial charge in [0.2, 0.25) is 10.0 Å². The van der Waals surface area contributed by atoms with E-state index in [1.807, 2.05) is 18.6 Å². The van der Waals surface area contributed by atoms with Crippen LogP contribution in [0.5, 0.6) is 0 Å². The number of hydrogen-bond acceptors (Lipinski definition) is 5. The van der Waals surface area contributed by atoms with Crippen molar-refractivity contribution in [3.63, 3.8) is 0 Å². The van der Waals surface area contributed by atoms with E-state index in [9.17, 15) is 8.42 Å². The van der Waals surface area contributed by atoms with Crippen molar-refractivity contribution in [1.29, 1.82) is 0 Å². The van der Waals surface area contributed by atoms with Crippen LogP contribution in [-0.4, -0.2) is 32.5 Å². The van der Waals surface area contributed by atoms with E-state index in [1.54, 1.807) is 17.8 Å².